The monoisotopic (exact) mass is 551 g/mol. The first-order valence-electron chi connectivity index (χ1n) is 13.0. The summed E-state index contributed by atoms with van der Waals surface area (Å²) in [7, 11) is 0. The maximum Gasteiger partial charge on any atom is 0.259 e. The number of benzene rings is 2. The number of hydrogen-bond acceptors (Lipinski definition) is 6. The Bertz CT molecular complexity index is 1290. The van der Waals surface area contributed by atoms with Crippen molar-refractivity contribution in [1.29, 1.82) is 0 Å². The van der Waals surface area contributed by atoms with E-state index in [1.165, 1.54) is 23.1 Å². The van der Waals surface area contributed by atoms with Crippen molar-refractivity contribution >= 4 is 57.8 Å². The fourth-order valence-corrected chi connectivity index (χ4v) is 5.95. The van der Waals surface area contributed by atoms with Crippen LogP contribution in [0.4, 0.5) is 5.69 Å². The minimum atomic E-state index is -0.659. The van der Waals surface area contributed by atoms with Gasteiger partial charge in [-0.25, -0.2) is 9.89 Å². The third-order valence-electron chi connectivity index (χ3n) is 6.93. The zero-order valence-corrected chi connectivity index (χ0v) is 22.6. The number of thioether (sulfide) groups is 1. The Balaban J connectivity index is 1.22. The largest absolute Gasteiger partial charge is 0.353 e. The van der Waals surface area contributed by atoms with E-state index < -0.39 is 6.04 Å². The number of para-hydroxylation sites is 1. The zero-order chi connectivity index (χ0) is 26.5. The summed E-state index contributed by atoms with van der Waals surface area (Å²) in [4.78, 5) is 49.5. The Labute approximate surface area is 231 Å². The minimum absolute atomic E-state index is 0.0337. The van der Waals surface area contributed by atoms with E-state index in [1.807, 2.05) is 42.5 Å². The van der Waals surface area contributed by atoms with Gasteiger partial charge in [-0.1, -0.05) is 73.0 Å². The smallest absolute Gasteiger partial charge is 0.259 e. The minimum Gasteiger partial charge on any atom is -0.353 e. The summed E-state index contributed by atoms with van der Waals surface area (Å²) in [6.07, 6.45) is 6.12. The van der Waals surface area contributed by atoms with E-state index in [4.69, 9.17) is 16.6 Å². The molecule has 0 radical (unpaired) electrons. The average Bonchev–Trinajstić information content (AvgIpc) is 3.27. The fourth-order valence-electron chi connectivity index (χ4n) is 4.92. The van der Waals surface area contributed by atoms with E-state index in [0.29, 0.717) is 34.7 Å². The van der Waals surface area contributed by atoms with Crippen LogP contribution in [0.15, 0.2) is 58.5 Å². The average molecular weight is 552 g/mol. The molecule has 198 valence electrons. The standard InChI is InChI=1S/C28H30ClN5O3S/c29-21-12-6-4-8-18(21)16-30-25(36)17-38-28-33-22-13-7-5-11-20(22)26-32-23(27(37)34(26)28)14-15-24(35)31-19-9-2-1-3-10-19/h4-8,11-13,19,23H,1-3,9-10,14-17H2,(H,30,36)(H,31,35)/t23-/m0/s1. The second-order valence-electron chi connectivity index (χ2n) is 9.65. The molecule has 2 aromatic rings. The van der Waals surface area contributed by atoms with Gasteiger partial charge in [0.2, 0.25) is 11.8 Å². The predicted octanol–water partition coefficient (Wildman–Crippen LogP) is 4.58. The molecule has 5 rings (SSSR count). The number of nitrogens with one attached hydrogen (secondary N) is 2. The molecule has 2 heterocycles. The number of halogens is 1. The molecule has 0 unspecified atom stereocenters. The molecule has 1 saturated carbocycles. The molecule has 0 saturated heterocycles. The summed E-state index contributed by atoms with van der Waals surface area (Å²) in [6, 6.07) is 14.4. The lowest BCUT2D eigenvalue weighted by Gasteiger charge is -2.25. The van der Waals surface area contributed by atoms with E-state index in [0.717, 1.165) is 36.8 Å². The van der Waals surface area contributed by atoms with Crippen molar-refractivity contribution in [2.24, 2.45) is 9.98 Å². The molecule has 8 nitrogen and oxygen atoms in total. The number of fused-ring (bicyclic) bond motifs is 3. The second-order valence-corrected chi connectivity index (χ2v) is 11.0. The van der Waals surface area contributed by atoms with E-state index in [1.54, 1.807) is 6.07 Å². The third-order valence-corrected chi connectivity index (χ3v) is 8.24. The van der Waals surface area contributed by atoms with Gasteiger partial charge in [0.1, 0.15) is 11.9 Å². The van der Waals surface area contributed by atoms with Gasteiger partial charge in [0.15, 0.2) is 5.17 Å². The van der Waals surface area contributed by atoms with Crippen LogP contribution in [0.1, 0.15) is 56.1 Å². The maximum atomic E-state index is 13.4. The number of nitrogens with zero attached hydrogens (tertiary/aromatic N) is 3. The highest BCUT2D eigenvalue weighted by Gasteiger charge is 2.41. The Hall–Kier alpha value is -3.17. The summed E-state index contributed by atoms with van der Waals surface area (Å²) < 4.78 is 0. The Morgan fingerprint density at radius 1 is 1.03 bits per heavy atom. The number of hydrogen-bond donors (Lipinski definition) is 2. The highest BCUT2D eigenvalue weighted by Crippen LogP contribution is 2.34. The molecule has 38 heavy (non-hydrogen) atoms. The van der Waals surface area contributed by atoms with Gasteiger partial charge in [-0.2, -0.15) is 0 Å². The highest BCUT2D eigenvalue weighted by atomic mass is 35.5. The molecule has 2 aromatic carbocycles. The zero-order valence-electron chi connectivity index (χ0n) is 21.0. The molecule has 2 N–H and O–H groups in total. The van der Waals surface area contributed by atoms with Crippen LogP contribution in [0.3, 0.4) is 0 Å². The van der Waals surface area contributed by atoms with Crippen molar-refractivity contribution in [3.05, 3.63) is 64.7 Å². The van der Waals surface area contributed by atoms with Crippen molar-refractivity contribution in [2.45, 2.75) is 63.6 Å². The first-order valence-corrected chi connectivity index (χ1v) is 14.4. The maximum absolute atomic E-state index is 13.4. The van der Waals surface area contributed by atoms with Gasteiger partial charge in [0, 0.05) is 29.6 Å². The van der Waals surface area contributed by atoms with Crippen LogP contribution in [0.25, 0.3) is 0 Å². The second kappa shape index (κ2) is 12.1. The SMILES string of the molecule is O=C(CSC1=Nc2ccccc2C2=N[C@@H](CCC(=O)NC3CCCCC3)C(=O)N12)NCc1ccccc1Cl. The van der Waals surface area contributed by atoms with E-state index in [9.17, 15) is 14.4 Å². The molecular weight excluding hydrogens is 522 g/mol. The summed E-state index contributed by atoms with van der Waals surface area (Å²) in [5.74, 6) is 0.155. The summed E-state index contributed by atoms with van der Waals surface area (Å²) in [6.45, 7) is 0.314. The lowest BCUT2D eigenvalue weighted by molar-refractivity contribution is -0.125. The Morgan fingerprint density at radius 3 is 2.61 bits per heavy atom. The Kier molecular flexibility index (Phi) is 8.44. The summed E-state index contributed by atoms with van der Waals surface area (Å²) in [5.41, 5.74) is 2.29. The predicted molar refractivity (Wildman–Crippen MR) is 151 cm³/mol. The normalized spacial score (nSPS) is 18.8. The molecule has 0 aromatic heterocycles. The fraction of sp³-hybridized carbons (Fsp3) is 0.393. The van der Waals surface area contributed by atoms with Gasteiger partial charge in [-0.3, -0.25) is 19.4 Å². The molecule has 0 bridgehead atoms. The number of aliphatic imine (C=N–C) groups is 2. The first kappa shape index (κ1) is 26.4. The lowest BCUT2D eigenvalue weighted by Crippen LogP contribution is -2.42. The third kappa shape index (κ3) is 6.10. The highest BCUT2D eigenvalue weighted by molar-refractivity contribution is 8.14. The van der Waals surface area contributed by atoms with Crippen LogP contribution < -0.4 is 10.6 Å². The van der Waals surface area contributed by atoms with Crippen LogP contribution in [-0.2, 0) is 20.9 Å². The van der Waals surface area contributed by atoms with Crippen LogP contribution >= 0.6 is 23.4 Å². The topological polar surface area (TPSA) is 103 Å². The molecule has 0 spiro atoms. The molecule has 1 atom stereocenters. The summed E-state index contributed by atoms with van der Waals surface area (Å²) in [5, 5.41) is 6.98. The number of carbonyl (C=O) groups excluding carboxylic acids is 3. The van der Waals surface area contributed by atoms with E-state index in [-0.39, 0.29) is 35.9 Å². The molecule has 10 heteroatoms. The van der Waals surface area contributed by atoms with Crippen LogP contribution in [0.5, 0.6) is 0 Å². The lowest BCUT2D eigenvalue weighted by atomic mass is 9.95. The van der Waals surface area contributed by atoms with Gasteiger partial charge in [-0.15, -0.1) is 0 Å². The van der Waals surface area contributed by atoms with E-state index >= 15 is 0 Å². The van der Waals surface area contributed by atoms with Crippen molar-refractivity contribution in [3.63, 3.8) is 0 Å². The number of rotatable bonds is 8. The number of amides is 3. The number of amidine groups is 2. The van der Waals surface area contributed by atoms with Crippen molar-refractivity contribution in [1.82, 2.24) is 15.5 Å². The first-order chi connectivity index (χ1) is 18.5. The molecule has 3 aliphatic rings. The van der Waals surface area contributed by atoms with Gasteiger partial charge >= 0.3 is 0 Å². The summed E-state index contributed by atoms with van der Waals surface area (Å²) >= 11 is 7.37. The van der Waals surface area contributed by atoms with Gasteiger partial charge < -0.3 is 10.6 Å². The van der Waals surface area contributed by atoms with Crippen molar-refractivity contribution < 1.29 is 14.4 Å². The number of carbonyl (C=O) groups is 3. The van der Waals surface area contributed by atoms with Crippen LogP contribution in [0, 0.1) is 0 Å². The van der Waals surface area contributed by atoms with Crippen molar-refractivity contribution in [3.8, 4) is 0 Å². The van der Waals surface area contributed by atoms with Crippen LogP contribution in [0.2, 0.25) is 5.02 Å². The van der Waals surface area contributed by atoms with Gasteiger partial charge in [0.05, 0.1) is 11.4 Å². The van der Waals surface area contributed by atoms with E-state index in [2.05, 4.69) is 15.6 Å². The molecule has 2 aliphatic heterocycles. The van der Waals surface area contributed by atoms with Crippen molar-refractivity contribution in [2.75, 3.05) is 5.75 Å². The molecular formula is C28H30ClN5O3S. The Morgan fingerprint density at radius 2 is 1.79 bits per heavy atom. The van der Waals surface area contributed by atoms with Gasteiger partial charge in [0.25, 0.3) is 5.91 Å². The van der Waals surface area contributed by atoms with Gasteiger partial charge in [-0.05, 0) is 43.0 Å². The molecule has 3 amide bonds. The molecule has 1 aliphatic carbocycles. The van der Waals surface area contributed by atoms with Crippen LogP contribution in [-0.4, -0.2) is 51.5 Å². The quantitative estimate of drug-likeness (QED) is 0.501. The molecule has 1 fully saturated rings.